The number of hydrogen-bond donors (Lipinski definition) is 1. The normalized spacial score (nSPS) is 15.6. The molecule has 7 nitrogen and oxygen atoms in total. The highest BCUT2D eigenvalue weighted by atomic mass is 32.2. The summed E-state index contributed by atoms with van der Waals surface area (Å²) in [5.74, 6) is 0.566. The smallest absolute Gasteiger partial charge is 0.255 e. The maximum absolute atomic E-state index is 12.7. The Morgan fingerprint density at radius 1 is 1.03 bits per heavy atom. The summed E-state index contributed by atoms with van der Waals surface area (Å²) in [6.45, 7) is 2.23. The summed E-state index contributed by atoms with van der Waals surface area (Å²) >= 11 is 0. The topological polar surface area (TPSA) is 84.9 Å². The molecule has 8 heteroatoms. The van der Waals surface area contributed by atoms with Crippen LogP contribution in [-0.4, -0.2) is 58.6 Å². The molecular weight excluding hydrogens is 404 g/mol. The summed E-state index contributed by atoms with van der Waals surface area (Å²) < 4.78 is 37.6. The minimum Gasteiger partial charge on any atom is -0.490 e. The van der Waals surface area contributed by atoms with Crippen LogP contribution in [0.15, 0.2) is 59.5 Å². The van der Waals surface area contributed by atoms with Gasteiger partial charge in [-0.1, -0.05) is 30.3 Å². The predicted molar refractivity (Wildman–Crippen MR) is 114 cm³/mol. The van der Waals surface area contributed by atoms with Crippen molar-refractivity contribution in [3.63, 3.8) is 0 Å². The van der Waals surface area contributed by atoms with Crippen molar-refractivity contribution < 1.29 is 22.7 Å². The Bertz CT molecular complexity index is 926. The summed E-state index contributed by atoms with van der Waals surface area (Å²) in [5, 5.41) is 2.97. The van der Waals surface area contributed by atoms with Crippen LogP contribution in [0.1, 0.15) is 23.2 Å². The molecule has 1 N–H and O–H groups in total. The van der Waals surface area contributed by atoms with Crippen molar-refractivity contribution in [2.24, 2.45) is 5.92 Å². The molecule has 0 bridgehead atoms. The average Bonchev–Trinajstić information content (AvgIpc) is 2.79. The van der Waals surface area contributed by atoms with E-state index >= 15 is 0 Å². The number of para-hydroxylation sites is 1. The maximum atomic E-state index is 12.7. The third-order valence-electron chi connectivity index (χ3n) is 5.18. The molecule has 0 saturated carbocycles. The number of hydrogen-bond acceptors (Lipinski definition) is 5. The highest BCUT2D eigenvalue weighted by Crippen LogP contribution is 2.24. The van der Waals surface area contributed by atoms with Gasteiger partial charge in [0.2, 0.25) is 10.0 Å². The van der Waals surface area contributed by atoms with E-state index in [1.54, 1.807) is 55.6 Å². The Labute approximate surface area is 178 Å². The Kier molecular flexibility index (Phi) is 7.84. The van der Waals surface area contributed by atoms with Gasteiger partial charge in [0.15, 0.2) is 0 Å². The molecule has 0 aromatic heterocycles. The van der Waals surface area contributed by atoms with Gasteiger partial charge in [0.05, 0.1) is 17.1 Å². The minimum absolute atomic E-state index is 0.192. The van der Waals surface area contributed by atoms with Gasteiger partial charge < -0.3 is 14.8 Å². The lowest BCUT2D eigenvalue weighted by molar-refractivity contribution is 0.0933. The van der Waals surface area contributed by atoms with Gasteiger partial charge in [0.1, 0.15) is 12.4 Å². The van der Waals surface area contributed by atoms with Gasteiger partial charge in [-0.05, 0) is 43.0 Å². The van der Waals surface area contributed by atoms with Crippen molar-refractivity contribution in [1.82, 2.24) is 9.62 Å². The van der Waals surface area contributed by atoms with Crippen molar-refractivity contribution in [2.75, 3.05) is 40.0 Å². The standard InChI is InChI=1S/C22H28N2O5S/c1-28-15-16-29-21-10-6-5-9-20(21)22(25)23-17-18-11-13-24(14-12-18)30(26,27)19-7-3-2-4-8-19/h2-10,18H,11-17H2,1H3,(H,23,25). The van der Waals surface area contributed by atoms with E-state index in [2.05, 4.69) is 5.32 Å². The first-order valence-electron chi connectivity index (χ1n) is 10.1. The molecule has 0 spiro atoms. The molecule has 3 rings (SSSR count). The number of nitrogens with zero attached hydrogens (tertiary/aromatic N) is 1. The maximum Gasteiger partial charge on any atom is 0.255 e. The summed E-state index contributed by atoms with van der Waals surface area (Å²) in [7, 11) is -1.86. The van der Waals surface area contributed by atoms with Gasteiger partial charge in [0, 0.05) is 26.7 Å². The second kappa shape index (κ2) is 10.6. The number of benzene rings is 2. The number of piperidine rings is 1. The highest BCUT2D eigenvalue weighted by molar-refractivity contribution is 7.89. The Morgan fingerprint density at radius 2 is 1.70 bits per heavy atom. The fourth-order valence-electron chi connectivity index (χ4n) is 3.44. The average molecular weight is 433 g/mol. The number of amides is 1. The zero-order chi connectivity index (χ0) is 21.4. The third kappa shape index (κ3) is 5.59. The van der Waals surface area contributed by atoms with Crippen molar-refractivity contribution >= 4 is 15.9 Å². The molecular formula is C22H28N2O5S. The van der Waals surface area contributed by atoms with E-state index in [1.165, 1.54) is 4.31 Å². The fourth-order valence-corrected chi connectivity index (χ4v) is 4.93. The van der Waals surface area contributed by atoms with E-state index in [9.17, 15) is 13.2 Å². The van der Waals surface area contributed by atoms with E-state index < -0.39 is 10.0 Å². The molecule has 1 saturated heterocycles. The first kappa shape index (κ1) is 22.3. The summed E-state index contributed by atoms with van der Waals surface area (Å²) in [5.41, 5.74) is 0.484. The summed E-state index contributed by atoms with van der Waals surface area (Å²) in [6.07, 6.45) is 1.41. The molecule has 1 amide bonds. The van der Waals surface area contributed by atoms with Crippen LogP contribution >= 0.6 is 0 Å². The van der Waals surface area contributed by atoms with Crippen LogP contribution in [-0.2, 0) is 14.8 Å². The number of sulfonamides is 1. The van der Waals surface area contributed by atoms with Crippen LogP contribution in [0, 0.1) is 5.92 Å². The Morgan fingerprint density at radius 3 is 2.40 bits per heavy atom. The molecule has 1 aliphatic rings. The summed E-state index contributed by atoms with van der Waals surface area (Å²) in [4.78, 5) is 12.9. The van der Waals surface area contributed by atoms with Gasteiger partial charge in [-0.2, -0.15) is 4.31 Å². The van der Waals surface area contributed by atoms with E-state index in [0.29, 0.717) is 61.9 Å². The minimum atomic E-state index is -3.46. The third-order valence-corrected chi connectivity index (χ3v) is 7.10. The van der Waals surface area contributed by atoms with Crippen LogP contribution in [0.2, 0.25) is 0 Å². The molecule has 1 fully saturated rings. The summed E-state index contributed by atoms with van der Waals surface area (Å²) in [6, 6.07) is 15.6. The number of carbonyl (C=O) groups is 1. The van der Waals surface area contributed by atoms with Gasteiger partial charge >= 0.3 is 0 Å². The molecule has 0 atom stereocenters. The van der Waals surface area contributed by atoms with Crippen molar-refractivity contribution in [1.29, 1.82) is 0 Å². The van der Waals surface area contributed by atoms with E-state index in [0.717, 1.165) is 0 Å². The number of ether oxygens (including phenoxy) is 2. The Balaban J connectivity index is 1.51. The fraction of sp³-hybridized carbons (Fsp3) is 0.409. The molecule has 0 aliphatic carbocycles. The van der Waals surface area contributed by atoms with Crippen molar-refractivity contribution in [2.45, 2.75) is 17.7 Å². The first-order chi connectivity index (χ1) is 14.5. The van der Waals surface area contributed by atoms with Gasteiger partial charge in [-0.15, -0.1) is 0 Å². The zero-order valence-corrected chi connectivity index (χ0v) is 17.9. The second-order valence-corrected chi connectivity index (χ2v) is 9.15. The van der Waals surface area contributed by atoms with Crippen molar-refractivity contribution in [3.8, 4) is 5.75 Å². The number of carbonyl (C=O) groups excluding carboxylic acids is 1. The van der Waals surface area contributed by atoms with E-state index in [4.69, 9.17) is 9.47 Å². The number of nitrogens with one attached hydrogen (secondary N) is 1. The SMILES string of the molecule is COCCOc1ccccc1C(=O)NCC1CCN(S(=O)(=O)c2ccccc2)CC1. The van der Waals surface area contributed by atoms with Crippen LogP contribution in [0.25, 0.3) is 0 Å². The molecule has 0 unspecified atom stereocenters. The van der Waals surface area contributed by atoms with Crippen LogP contribution in [0.5, 0.6) is 5.75 Å². The van der Waals surface area contributed by atoms with Crippen LogP contribution in [0.3, 0.4) is 0 Å². The highest BCUT2D eigenvalue weighted by Gasteiger charge is 2.29. The van der Waals surface area contributed by atoms with E-state index in [1.807, 2.05) is 6.07 Å². The number of methoxy groups -OCH3 is 1. The molecule has 2 aromatic carbocycles. The lowest BCUT2D eigenvalue weighted by Gasteiger charge is -2.31. The van der Waals surface area contributed by atoms with Gasteiger partial charge in [0.25, 0.3) is 5.91 Å². The quantitative estimate of drug-likeness (QED) is 0.616. The molecule has 1 aliphatic heterocycles. The monoisotopic (exact) mass is 432 g/mol. The second-order valence-electron chi connectivity index (χ2n) is 7.21. The number of rotatable bonds is 9. The lowest BCUT2D eigenvalue weighted by atomic mass is 9.98. The zero-order valence-electron chi connectivity index (χ0n) is 17.1. The van der Waals surface area contributed by atoms with Gasteiger partial charge in [-0.3, -0.25) is 4.79 Å². The molecule has 1 heterocycles. The van der Waals surface area contributed by atoms with Crippen LogP contribution < -0.4 is 10.1 Å². The molecule has 0 radical (unpaired) electrons. The largest absolute Gasteiger partial charge is 0.490 e. The Hall–Kier alpha value is -2.42. The first-order valence-corrected chi connectivity index (χ1v) is 11.5. The lowest BCUT2D eigenvalue weighted by Crippen LogP contribution is -2.41. The molecule has 162 valence electrons. The molecule has 2 aromatic rings. The van der Waals surface area contributed by atoms with E-state index in [-0.39, 0.29) is 11.8 Å². The van der Waals surface area contributed by atoms with Gasteiger partial charge in [-0.25, -0.2) is 8.42 Å². The van der Waals surface area contributed by atoms with Crippen LogP contribution in [0.4, 0.5) is 0 Å². The van der Waals surface area contributed by atoms with Crippen molar-refractivity contribution in [3.05, 3.63) is 60.2 Å². The predicted octanol–water partition coefficient (Wildman–Crippen LogP) is 2.54. The molecule has 30 heavy (non-hydrogen) atoms.